The van der Waals surface area contributed by atoms with Gasteiger partial charge in [-0.25, -0.2) is 4.98 Å². The van der Waals surface area contributed by atoms with Crippen LogP contribution in [0.3, 0.4) is 0 Å². The molecule has 0 amide bonds. The number of aromatic amines is 1. The van der Waals surface area contributed by atoms with Crippen LogP contribution in [0, 0.1) is 13.8 Å². The highest BCUT2D eigenvalue weighted by molar-refractivity contribution is 5.77. The number of fused-ring (bicyclic) bond motifs is 1. The van der Waals surface area contributed by atoms with Crippen LogP contribution in [0.2, 0.25) is 0 Å². The Labute approximate surface area is 112 Å². The molecule has 96 valence electrons. The summed E-state index contributed by atoms with van der Waals surface area (Å²) >= 11 is 0. The molecule has 0 saturated carbocycles. The summed E-state index contributed by atoms with van der Waals surface area (Å²) < 4.78 is 0. The van der Waals surface area contributed by atoms with E-state index in [0.717, 1.165) is 29.7 Å². The summed E-state index contributed by atoms with van der Waals surface area (Å²) in [6.07, 6.45) is 5.59. The largest absolute Gasteiger partial charge is 0.342 e. The first kappa shape index (κ1) is 11.9. The third-order valence-electron chi connectivity index (χ3n) is 3.52. The van der Waals surface area contributed by atoms with Crippen molar-refractivity contribution >= 4 is 11.0 Å². The van der Waals surface area contributed by atoms with Crippen LogP contribution in [0.5, 0.6) is 0 Å². The van der Waals surface area contributed by atoms with Gasteiger partial charge in [0.1, 0.15) is 5.82 Å². The van der Waals surface area contributed by atoms with Crippen molar-refractivity contribution in [2.45, 2.75) is 26.7 Å². The number of hydrogen-bond donors (Lipinski definition) is 1. The van der Waals surface area contributed by atoms with Crippen molar-refractivity contribution in [2.75, 3.05) is 0 Å². The first-order chi connectivity index (χ1) is 9.22. The summed E-state index contributed by atoms with van der Waals surface area (Å²) in [5.41, 5.74) is 6.02. The summed E-state index contributed by atoms with van der Waals surface area (Å²) in [5.74, 6) is 1.05. The van der Waals surface area contributed by atoms with Crippen molar-refractivity contribution < 1.29 is 0 Å². The molecule has 3 aromatic rings. The minimum atomic E-state index is 0.915. The number of imidazole rings is 1. The van der Waals surface area contributed by atoms with E-state index in [9.17, 15) is 0 Å². The van der Waals surface area contributed by atoms with Crippen LogP contribution >= 0.6 is 0 Å². The van der Waals surface area contributed by atoms with E-state index in [-0.39, 0.29) is 0 Å². The molecule has 2 aromatic heterocycles. The third-order valence-corrected chi connectivity index (χ3v) is 3.52. The lowest BCUT2D eigenvalue weighted by Gasteiger charge is -1.97. The van der Waals surface area contributed by atoms with Crippen LogP contribution in [0.25, 0.3) is 11.0 Å². The average Bonchev–Trinajstić information content (AvgIpc) is 2.80. The van der Waals surface area contributed by atoms with Gasteiger partial charge in [-0.3, -0.25) is 4.98 Å². The van der Waals surface area contributed by atoms with Crippen molar-refractivity contribution in [3.8, 4) is 0 Å². The Hall–Kier alpha value is -2.16. The van der Waals surface area contributed by atoms with Crippen LogP contribution in [0.4, 0.5) is 0 Å². The third kappa shape index (κ3) is 2.50. The maximum absolute atomic E-state index is 4.65. The standard InChI is InChI=1S/C16H17N3/c1-11-8-14-15(9-12(11)2)19-16(18-14)6-5-13-4-3-7-17-10-13/h3-4,7-10H,5-6H2,1-2H3,(H,18,19). The molecule has 0 saturated heterocycles. The quantitative estimate of drug-likeness (QED) is 0.775. The fraction of sp³-hybridized carbons (Fsp3) is 0.250. The molecule has 0 fully saturated rings. The Bertz CT molecular complexity index is 660. The minimum Gasteiger partial charge on any atom is -0.342 e. The molecule has 0 unspecified atom stereocenters. The van der Waals surface area contributed by atoms with Crippen molar-refractivity contribution in [1.82, 2.24) is 15.0 Å². The molecule has 1 N–H and O–H groups in total. The van der Waals surface area contributed by atoms with E-state index in [0.29, 0.717) is 0 Å². The van der Waals surface area contributed by atoms with Gasteiger partial charge in [-0.15, -0.1) is 0 Å². The molecule has 0 bridgehead atoms. The number of rotatable bonds is 3. The summed E-state index contributed by atoms with van der Waals surface area (Å²) in [5, 5.41) is 0. The lowest BCUT2D eigenvalue weighted by molar-refractivity contribution is 0.884. The predicted molar refractivity (Wildman–Crippen MR) is 77.2 cm³/mol. The van der Waals surface area contributed by atoms with Gasteiger partial charge in [0.2, 0.25) is 0 Å². The normalized spacial score (nSPS) is 11.1. The Balaban J connectivity index is 1.82. The minimum absolute atomic E-state index is 0.915. The number of pyridine rings is 1. The molecule has 0 atom stereocenters. The lowest BCUT2D eigenvalue weighted by Crippen LogP contribution is -1.93. The first-order valence-corrected chi connectivity index (χ1v) is 6.57. The fourth-order valence-electron chi connectivity index (χ4n) is 2.25. The second kappa shape index (κ2) is 4.84. The molecule has 3 heteroatoms. The zero-order chi connectivity index (χ0) is 13.2. The van der Waals surface area contributed by atoms with E-state index in [1.807, 2.05) is 12.3 Å². The molecule has 0 radical (unpaired) electrons. The fourth-order valence-corrected chi connectivity index (χ4v) is 2.25. The Kier molecular flexibility index (Phi) is 3.03. The highest BCUT2D eigenvalue weighted by Crippen LogP contribution is 2.17. The Morgan fingerprint density at radius 3 is 2.74 bits per heavy atom. The number of benzene rings is 1. The Morgan fingerprint density at radius 2 is 1.95 bits per heavy atom. The maximum Gasteiger partial charge on any atom is 0.107 e. The van der Waals surface area contributed by atoms with Gasteiger partial charge in [0.25, 0.3) is 0 Å². The van der Waals surface area contributed by atoms with Crippen molar-refractivity contribution in [1.29, 1.82) is 0 Å². The SMILES string of the molecule is Cc1cc2nc(CCc3cccnc3)[nH]c2cc1C. The number of hydrogen-bond acceptors (Lipinski definition) is 2. The van der Waals surface area contributed by atoms with E-state index >= 15 is 0 Å². The van der Waals surface area contributed by atoms with Crippen LogP contribution in [0.15, 0.2) is 36.7 Å². The number of nitrogens with zero attached hydrogens (tertiary/aromatic N) is 2. The highest BCUT2D eigenvalue weighted by Gasteiger charge is 2.05. The van der Waals surface area contributed by atoms with Gasteiger partial charge in [0.15, 0.2) is 0 Å². The van der Waals surface area contributed by atoms with E-state index in [4.69, 9.17) is 0 Å². The van der Waals surface area contributed by atoms with Crippen LogP contribution in [-0.2, 0) is 12.8 Å². The zero-order valence-electron chi connectivity index (χ0n) is 11.3. The van der Waals surface area contributed by atoms with E-state index in [2.05, 4.69) is 47.0 Å². The first-order valence-electron chi connectivity index (χ1n) is 6.57. The average molecular weight is 251 g/mol. The van der Waals surface area contributed by atoms with Gasteiger partial charge >= 0.3 is 0 Å². The van der Waals surface area contributed by atoms with Crippen molar-refractivity contribution in [3.63, 3.8) is 0 Å². The van der Waals surface area contributed by atoms with E-state index in [1.54, 1.807) is 6.20 Å². The van der Waals surface area contributed by atoms with Gasteiger partial charge in [-0.2, -0.15) is 0 Å². The van der Waals surface area contributed by atoms with Gasteiger partial charge in [0, 0.05) is 18.8 Å². The number of aryl methyl sites for hydroxylation is 4. The van der Waals surface area contributed by atoms with Gasteiger partial charge in [-0.1, -0.05) is 6.07 Å². The maximum atomic E-state index is 4.65. The van der Waals surface area contributed by atoms with Crippen LogP contribution in [0.1, 0.15) is 22.5 Å². The summed E-state index contributed by atoms with van der Waals surface area (Å²) in [6, 6.07) is 8.39. The van der Waals surface area contributed by atoms with Gasteiger partial charge in [-0.05, 0) is 55.2 Å². The second-order valence-corrected chi connectivity index (χ2v) is 5.00. The van der Waals surface area contributed by atoms with E-state index in [1.165, 1.54) is 16.7 Å². The summed E-state index contributed by atoms with van der Waals surface area (Å²) in [7, 11) is 0. The van der Waals surface area contributed by atoms with Crippen molar-refractivity contribution in [3.05, 3.63) is 59.2 Å². The monoisotopic (exact) mass is 251 g/mol. The molecule has 0 aliphatic rings. The topological polar surface area (TPSA) is 41.6 Å². The second-order valence-electron chi connectivity index (χ2n) is 5.00. The number of H-pyrrole nitrogens is 1. The van der Waals surface area contributed by atoms with Crippen molar-refractivity contribution in [2.24, 2.45) is 0 Å². The smallest absolute Gasteiger partial charge is 0.107 e. The molecular formula is C16H17N3. The molecule has 3 nitrogen and oxygen atoms in total. The molecule has 0 aliphatic carbocycles. The zero-order valence-corrected chi connectivity index (χ0v) is 11.3. The summed E-state index contributed by atoms with van der Waals surface area (Å²) in [4.78, 5) is 12.2. The van der Waals surface area contributed by atoms with E-state index < -0.39 is 0 Å². The molecular weight excluding hydrogens is 234 g/mol. The summed E-state index contributed by atoms with van der Waals surface area (Å²) in [6.45, 7) is 4.25. The molecule has 0 aliphatic heterocycles. The molecule has 3 rings (SSSR count). The highest BCUT2D eigenvalue weighted by atomic mass is 14.9. The predicted octanol–water partition coefficient (Wildman–Crippen LogP) is 3.36. The van der Waals surface area contributed by atoms with Crippen LogP contribution in [-0.4, -0.2) is 15.0 Å². The lowest BCUT2D eigenvalue weighted by atomic mass is 10.1. The number of aromatic nitrogens is 3. The molecule has 19 heavy (non-hydrogen) atoms. The van der Waals surface area contributed by atoms with Gasteiger partial charge in [0.05, 0.1) is 11.0 Å². The molecule has 1 aromatic carbocycles. The molecule has 0 spiro atoms. The van der Waals surface area contributed by atoms with Gasteiger partial charge < -0.3 is 4.98 Å². The number of nitrogens with one attached hydrogen (secondary N) is 1. The molecule has 2 heterocycles. The van der Waals surface area contributed by atoms with Crippen LogP contribution < -0.4 is 0 Å². The Morgan fingerprint density at radius 1 is 1.11 bits per heavy atom.